The second-order valence-corrected chi connectivity index (χ2v) is 3.49. The lowest BCUT2D eigenvalue weighted by molar-refractivity contribution is -0.147. The van der Waals surface area contributed by atoms with E-state index in [1.165, 1.54) is 11.2 Å². The van der Waals surface area contributed by atoms with Gasteiger partial charge in [-0.1, -0.05) is 6.92 Å². The largest absolute Gasteiger partial charge is 0.468 e. The van der Waals surface area contributed by atoms with E-state index in [2.05, 4.69) is 0 Å². The van der Waals surface area contributed by atoms with Crippen molar-refractivity contribution in [1.29, 1.82) is 0 Å². The maximum absolute atomic E-state index is 12.2. The molecule has 6 heteroatoms. The molecule has 0 saturated heterocycles. The third kappa shape index (κ3) is 3.86. The van der Waals surface area contributed by atoms with Crippen molar-refractivity contribution in [2.45, 2.75) is 26.2 Å². The molecule has 0 bridgehead atoms. The Balaban J connectivity index is 2.63. The van der Waals surface area contributed by atoms with E-state index in [9.17, 15) is 13.2 Å². The molecule has 0 fully saturated rings. The molecule has 2 N–H and O–H groups in total. The zero-order chi connectivity index (χ0) is 12.2. The topological polar surface area (TPSA) is 42.4 Å². The van der Waals surface area contributed by atoms with E-state index in [4.69, 9.17) is 10.2 Å². The monoisotopic (exact) mass is 236 g/mol. The molecule has 0 aliphatic rings. The Morgan fingerprint density at radius 2 is 2.12 bits per heavy atom. The normalized spacial score (nSPS) is 12.4. The first-order valence-electron chi connectivity index (χ1n) is 5.00. The molecular weight excluding hydrogens is 221 g/mol. The number of nitrogens with two attached hydrogens (primary N) is 1. The molecule has 1 heterocycles. The van der Waals surface area contributed by atoms with Gasteiger partial charge in [0.1, 0.15) is 5.76 Å². The van der Waals surface area contributed by atoms with Crippen LogP contribution in [0.15, 0.2) is 16.7 Å². The smallest absolute Gasteiger partial charge is 0.401 e. The van der Waals surface area contributed by atoms with Gasteiger partial charge in [0.05, 0.1) is 19.4 Å². The van der Waals surface area contributed by atoms with Crippen molar-refractivity contribution in [2.24, 2.45) is 5.73 Å². The van der Waals surface area contributed by atoms with Crippen molar-refractivity contribution in [3.63, 3.8) is 0 Å². The van der Waals surface area contributed by atoms with E-state index in [1.54, 1.807) is 13.0 Å². The highest BCUT2D eigenvalue weighted by Gasteiger charge is 2.30. The van der Waals surface area contributed by atoms with Crippen molar-refractivity contribution in [3.05, 3.63) is 23.7 Å². The van der Waals surface area contributed by atoms with E-state index in [0.717, 1.165) is 5.56 Å². The molecule has 1 aromatic rings. The lowest BCUT2D eigenvalue weighted by Gasteiger charge is -2.21. The van der Waals surface area contributed by atoms with Crippen molar-refractivity contribution in [3.8, 4) is 0 Å². The summed E-state index contributed by atoms with van der Waals surface area (Å²) >= 11 is 0. The summed E-state index contributed by atoms with van der Waals surface area (Å²) in [6, 6.07) is 1.68. The molecule has 0 atom stereocenters. The van der Waals surface area contributed by atoms with Crippen LogP contribution in [0.4, 0.5) is 13.2 Å². The molecule has 0 radical (unpaired) electrons. The maximum atomic E-state index is 12.2. The summed E-state index contributed by atoms with van der Waals surface area (Å²) in [5, 5.41) is 0. The summed E-state index contributed by atoms with van der Waals surface area (Å²) in [7, 11) is 0. The van der Waals surface area contributed by atoms with Crippen LogP contribution in [0.5, 0.6) is 0 Å². The van der Waals surface area contributed by atoms with Crippen LogP contribution in [-0.4, -0.2) is 24.2 Å². The van der Waals surface area contributed by atoms with Crippen LogP contribution in [0, 0.1) is 0 Å². The lowest BCUT2D eigenvalue weighted by Crippen LogP contribution is -2.33. The van der Waals surface area contributed by atoms with Gasteiger partial charge in [-0.3, -0.25) is 4.90 Å². The van der Waals surface area contributed by atoms with Crippen molar-refractivity contribution in [2.75, 3.05) is 13.1 Å². The standard InChI is InChI=1S/C10H15F3N2O/c1-2-15(7-10(11,12)13)6-9-8(5-14)3-4-16-9/h3-4H,2,5-7,14H2,1H3. The Morgan fingerprint density at radius 1 is 1.44 bits per heavy atom. The van der Waals surface area contributed by atoms with E-state index < -0.39 is 12.7 Å². The highest BCUT2D eigenvalue weighted by molar-refractivity contribution is 5.16. The molecule has 0 spiro atoms. The SMILES string of the molecule is CCN(Cc1occc1CN)CC(F)(F)F. The van der Waals surface area contributed by atoms with Gasteiger partial charge in [0, 0.05) is 12.1 Å². The van der Waals surface area contributed by atoms with Gasteiger partial charge < -0.3 is 10.2 Å². The Labute approximate surface area is 92.0 Å². The number of hydrogen-bond acceptors (Lipinski definition) is 3. The fourth-order valence-corrected chi connectivity index (χ4v) is 1.42. The summed E-state index contributed by atoms with van der Waals surface area (Å²) in [4.78, 5) is 1.26. The lowest BCUT2D eigenvalue weighted by atomic mass is 10.2. The second kappa shape index (κ2) is 5.36. The quantitative estimate of drug-likeness (QED) is 0.851. The van der Waals surface area contributed by atoms with Crippen LogP contribution in [0.3, 0.4) is 0 Å². The highest BCUT2D eigenvalue weighted by atomic mass is 19.4. The average Bonchev–Trinajstić information content (AvgIpc) is 2.62. The second-order valence-electron chi connectivity index (χ2n) is 3.49. The van der Waals surface area contributed by atoms with Crippen LogP contribution >= 0.6 is 0 Å². The van der Waals surface area contributed by atoms with Gasteiger partial charge in [-0.2, -0.15) is 13.2 Å². The van der Waals surface area contributed by atoms with E-state index >= 15 is 0 Å². The molecule has 0 unspecified atom stereocenters. The number of hydrogen-bond donors (Lipinski definition) is 1. The van der Waals surface area contributed by atoms with Crippen LogP contribution in [0.1, 0.15) is 18.2 Å². The zero-order valence-corrected chi connectivity index (χ0v) is 9.05. The fourth-order valence-electron chi connectivity index (χ4n) is 1.42. The first kappa shape index (κ1) is 13.1. The summed E-state index contributed by atoms with van der Waals surface area (Å²) in [6.07, 6.45) is -2.75. The van der Waals surface area contributed by atoms with Gasteiger partial charge in [0.15, 0.2) is 0 Å². The summed E-state index contributed by atoms with van der Waals surface area (Å²) < 4.78 is 41.7. The fraction of sp³-hybridized carbons (Fsp3) is 0.600. The Hall–Kier alpha value is -1.01. The summed E-state index contributed by atoms with van der Waals surface area (Å²) in [6.45, 7) is 1.46. The van der Waals surface area contributed by atoms with Crippen LogP contribution in [0.25, 0.3) is 0 Å². The van der Waals surface area contributed by atoms with Gasteiger partial charge in [-0.25, -0.2) is 0 Å². The molecule has 92 valence electrons. The van der Waals surface area contributed by atoms with Gasteiger partial charge in [0.25, 0.3) is 0 Å². The number of rotatable bonds is 5. The van der Waals surface area contributed by atoms with Crippen LogP contribution in [0.2, 0.25) is 0 Å². The van der Waals surface area contributed by atoms with Crippen molar-refractivity contribution in [1.82, 2.24) is 4.90 Å². The predicted molar refractivity (Wildman–Crippen MR) is 53.6 cm³/mol. The number of furan rings is 1. The van der Waals surface area contributed by atoms with E-state index in [-0.39, 0.29) is 13.1 Å². The molecule has 1 rings (SSSR count). The molecule has 0 aliphatic heterocycles. The summed E-state index contributed by atoms with van der Waals surface area (Å²) in [5.74, 6) is 0.508. The minimum atomic E-state index is -4.19. The van der Waals surface area contributed by atoms with Crippen molar-refractivity contribution < 1.29 is 17.6 Å². The average molecular weight is 236 g/mol. The molecule has 0 aromatic carbocycles. The summed E-state index contributed by atoms with van der Waals surface area (Å²) in [5.41, 5.74) is 6.19. The van der Waals surface area contributed by atoms with Crippen LogP contribution in [-0.2, 0) is 13.1 Å². The van der Waals surface area contributed by atoms with E-state index in [1.807, 2.05) is 0 Å². The first-order chi connectivity index (χ1) is 7.46. The maximum Gasteiger partial charge on any atom is 0.401 e. The third-order valence-corrected chi connectivity index (χ3v) is 2.27. The van der Waals surface area contributed by atoms with Gasteiger partial charge in [-0.15, -0.1) is 0 Å². The molecule has 16 heavy (non-hydrogen) atoms. The zero-order valence-electron chi connectivity index (χ0n) is 9.05. The predicted octanol–water partition coefficient (Wildman–Crippen LogP) is 2.12. The van der Waals surface area contributed by atoms with Gasteiger partial charge in [-0.05, 0) is 12.6 Å². The minimum absolute atomic E-state index is 0.134. The molecule has 0 amide bonds. The molecule has 1 aromatic heterocycles. The Bertz CT molecular complexity index is 322. The Morgan fingerprint density at radius 3 is 2.62 bits per heavy atom. The van der Waals surface area contributed by atoms with Crippen molar-refractivity contribution >= 4 is 0 Å². The number of halogens is 3. The number of nitrogens with zero attached hydrogens (tertiary/aromatic N) is 1. The molecule has 0 saturated carbocycles. The highest BCUT2D eigenvalue weighted by Crippen LogP contribution is 2.19. The van der Waals surface area contributed by atoms with Gasteiger partial charge >= 0.3 is 6.18 Å². The Kier molecular flexibility index (Phi) is 4.37. The minimum Gasteiger partial charge on any atom is -0.468 e. The molecule has 0 aliphatic carbocycles. The third-order valence-electron chi connectivity index (χ3n) is 2.27. The molecular formula is C10H15F3N2O. The van der Waals surface area contributed by atoms with E-state index in [0.29, 0.717) is 12.3 Å². The number of alkyl halides is 3. The van der Waals surface area contributed by atoms with Crippen LogP contribution < -0.4 is 5.73 Å². The first-order valence-corrected chi connectivity index (χ1v) is 5.00. The van der Waals surface area contributed by atoms with Gasteiger partial charge in [0.2, 0.25) is 0 Å². The molecule has 3 nitrogen and oxygen atoms in total.